The smallest absolute Gasteiger partial charge is 0.356 e. The van der Waals surface area contributed by atoms with E-state index in [2.05, 4.69) is 4.99 Å². The van der Waals surface area contributed by atoms with Crippen molar-refractivity contribution in [2.45, 2.75) is 13.5 Å². The van der Waals surface area contributed by atoms with Crippen LogP contribution < -0.4 is 4.74 Å². The summed E-state index contributed by atoms with van der Waals surface area (Å²) in [5.74, 6) is 0.184. The van der Waals surface area contributed by atoms with Gasteiger partial charge < -0.3 is 14.6 Å². The van der Waals surface area contributed by atoms with Crippen LogP contribution in [0.5, 0.6) is 5.75 Å². The number of aliphatic imine (C=N–C) groups is 1. The number of benzene rings is 2. The zero-order valence-corrected chi connectivity index (χ0v) is 13.2. The van der Waals surface area contributed by atoms with Crippen LogP contribution in [-0.2, 0) is 16.1 Å². The van der Waals surface area contributed by atoms with Crippen molar-refractivity contribution in [3.63, 3.8) is 0 Å². The topological polar surface area (TPSA) is 68.1 Å². The lowest BCUT2D eigenvalue weighted by molar-refractivity contribution is -0.132. The highest BCUT2D eigenvalue weighted by Gasteiger charge is 2.17. The van der Waals surface area contributed by atoms with E-state index in [1.807, 2.05) is 43.3 Å². The van der Waals surface area contributed by atoms with Crippen molar-refractivity contribution in [3.05, 3.63) is 65.2 Å². The Labute approximate surface area is 135 Å². The van der Waals surface area contributed by atoms with E-state index in [9.17, 15) is 4.79 Å². The van der Waals surface area contributed by atoms with Crippen LogP contribution in [0, 0.1) is 6.92 Å². The summed E-state index contributed by atoms with van der Waals surface area (Å²) in [5, 5.41) is 9.05. The first-order valence-corrected chi connectivity index (χ1v) is 7.17. The summed E-state index contributed by atoms with van der Waals surface area (Å²) in [7, 11) is 1.28. The molecule has 5 heteroatoms. The van der Waals surface area contributed by atoms with Crippen LogP contribution in [0.1, 0.15) is 16.7 Å². The Morgan fingerprint density at radius 3 is 2.52 bits per heavy atom. The molecule has 2 rings (SSSR count). The fraction of sp³-hybridized carbons (Fsp3) is 0.222. The fourth-order valence-corrected chi connectivity index (χ4v) is 2.18. The summed E-state index contributed by atoms with van der Waals surface area (Å²) >= 11 is 0. The molecule has 2 aromatic rings. The SMILES string of the molecule is COC(=O)/C(=N/CO)c1ccccc1COc1ccccc1C. The number of hydrogen-bond acceptors (Lipinski definition) is 5. The van der Waals surface area contributed by atoms with E-state index in [0.717, 1.165) is 16.9 Å². The molecule has 0 heterocycles. The van der Waals surface area contributed by atoms with Gasteiger partial charge in [-0.3, -0.25) is 0 Å². The number of methoxy groups -OCH3 is 1. The van der Waals surface area contributed by atoms with Crippen LogP contribution in [-0.4, -0.2) is 30.6 Å². The maximum Gasteiger partial charge on any atom is 0.356 e. The lowest BCUT2D eigenvalue weighted by Crippen LogP contribution is -2.20. The predicted octanol–water partition coefficient (Wildman–Crippen LogP) is 2.49. The number of carbonyl (C=O) groups is 1. The number of esters is 1. The third-order valence-corrected chi connectivity index (χ3v) is 3.36. The van der Waals surface area contributed by atoms with Crippen molar-refractivity contribution in [3.8, 4) is 5.75 Å². The number of para-hydroxylation sites is 1. The largest absolute Gasteiger partial charge is 0.489 e. The van der Waals surface area contributed by atoms with E-state index in [1.165, 1.54) is 7.11 Å². The zero-order chi connectivity index (χ0) is 16.7. The van der Waals surface area contributed by atoms with Crippen molar-refractivity contribution in [2.75, 3.05) is 13.8 Å². The van der Waals surface area contributed by atoms with E-state index in [1.54, 1.807) is 12.1 Å². The Hall–Kier alpha value is -2.66. The lowest BCUT2D eigenvalue weighted by Gasteiger charge is -2.13. The molecule has 0 aromatic heterocycles. The van der Waals surface area contributed by atoms with Gasteiger partial charge in [-0.2, -0.15) is 0 Å². The molecule has 0 saturated carbocycles. The van der Waals surface area contributed by atoms with Gasteiger partial charge in [-0.15, -0.1) is 0 Å². The minimum atomic E-state index is -0.595. The van der Waals surface area contributed by atoms with Crippen molar-refractivity contribution in [1.29, 1.82) is 0 Å². The number of hydrogen-bond donors (Lipinski definition) is 1. The summed E-state index contributed by atoms with van der Waals surface area (Å²) in [4.78, 5) is 15.7. The van der Waals surface area contributed by atoms with Gasteiger partial charge in [-0.1, -0.05) is 42.5 Å². The predicted molar refractivity (Wildman–Crippen MR) is 87.6 cm³/mol. The number of carbonyl (C=O) groups excluding carboxylic acids is 1. The molecule has 0 radical (unpaired) electrons. The first kappa shape index (κ1) is 16.7. The lowest BCUT2D eigenvalue weighted by atomic mass is 10.0. The first-order chi connectivity index (χ1) is 11.2. The Kier molecular flexibility index (Phi) is 5.88. The molecule has 0 aliphatic heterocycles. The molecule has 5 nitrogen and oxygen atoms in total. The van der Waals surface area contributed by atoms with Crippen LogP contribution in [0.2, 0.25) is 0 Å². The highest BCUT2D eigenvalue weighted by molar-refractivity contribution is 6.43. The maximum absolute atomic E-state index is 11.9. The van der Waals surface area contributed by atoms with Gasteiger partial charge in [0.05, 0.1) is 7.11 Å². The summed E-state index contributed by atoms with van der Waals surface area (Å²) in [6.45, 7) is 1.76. The molecule has 0 aliphatic carbocycles. The Balaban J connectivity index is 2.28. The van der Waals surface area contributed by atoms with Crippen LogP contribution >= 0.6 is 0 Å². The monoisotopic (exact) mass is 313 g/mol. The standard InChI is InChI=1S/C18H19NO4/c1-13-7-3-6-10-16(13)23-11-14-8-4-5-9-15(14)17(19-12-20)18(21)22-2/h3-10,20H,11-12H2,1-2H3/b19-17+. The van der Waals surface area contributed by atoms with Crippen molar-refractivity contribution in [2.24, 2.45) is 4.99 Å². The van der Waals surface area contributed by atoms with Crippen molar-refractivity contribution in [1.82, 2.24) is 0 Å². The molecule has 1 N–H and O–H groups in total. The van der Waals surface area contributed by atoms with E-state index in [4.69, 9.17) is 14.6 Å². The Morgan fingerprint density at radius 1 is 1.13 bits per heavy atom. The molecule has 0 amide bonds. The van der Waals surface area contributed by atoms with E-state index in [-0.39, 0.29) is 12.3 Å². The minimum Gasteiger partial charge on any atom is -0.489 e. The molecule has 0 bridgehead atoms. The molecule has 0 unspecified atom stereocenters. The van der Waals surface area contributed by atoms with Gasteiger partial charge >= 0.3 is 5.97 Å². The Morgan fingerprint density at radius 2 is 1.83 bits per heavy atom. The molecule has 0 spiro atoms. The number of aliphatic hydroxyl groups excluding tert-OH is 1. The Bertz CT molecular complexity index is 710. The molecule has 120 valence electrons. The molecule has 0 aliphatic rings. The van der Waals surface area contributed by atoms with Gasteiger partial charge in [0.1, 0.15) is 19.1 Å². The second-order valence-electron chi connectivity index (χ2n) is 4.85. The summed E-state index contributed by atoms with van der Waals surface area (Å²) < 4.78 is 10.6. The number of aliphatic hydroxyl groups is 1. The van der Waals surface area contributed by atoms with Gasteiger partial charge in [-0.05, 0) is 24.1 Å². The number of rotatable bonds is 6. The summed E-state index contributed by atoms with van der Waals surface area (Å²) in [6, 6.07) is 15.0. The van der Waals surface area contributed by atoms with Crippen molar-refractivity contribution < 1.29 is 19.4 Å². The second kappa shape index (κ2) is 8.10. The molecule has 0 saturated heterocycles. The second-order valence-corrected chi connectivity index (χ2v) is 4.85. The highest BCUT2D eigenvalue weighted by Crippen LogP contribution is 2.19. The van der Waals surface area contributed by atoms with Crippen LogP contribution in [0.4, 0.5) is 0 Å². The fourth-order valence-electron chi connectivity index (χ4n) is 2.18. The molecule has 0 atom stereocenters. The average Bonchev–Trinajstić information content (AvgIpc) is 2.59. The van der Waals surface area contributed by atoms with Gasteiger partial charge in [0, 0.05) is 5.56 Å². The third kappa shape index (κ3) is 4.17. The quantitative estimate of drug-likeness (QED) is 0.657. The van der Waals surface area contributed by atoms with Crippen molar-refractivity contribution >= 4 is 11.7 Å². The molecule has 23 heavy (non-hydrogen) atoms. The van der Waals surface area contributed by atoms with E-state index >= 15 is 0 Å². The van der Waals surface area contributed by atoms with Crippen LogP contribution in [0.15, 0.2) is 53.5 Å². The summed E-state index contributed by atoms with van der Waals surface area (Å²) in [6.07, 6.45) is 0. The molecule has 0 fully saturated rings. The van der Waals surface area contributed by atoms with Gasteiger partial charge in [-0.25, -0.2) is 9.79 Å². The van der Waals surface area contributed by atoms with Gasteiger partial charge in [0.2, 0.25) is 0 Å². The minimum absolute atomic E-state index is 0.0824. The van der Waals surface area contributed by atoms with Gasteiger partial charge in [0.15, 0.2) is 5.71 Å². The molecular weight excluding hydrogens is 294 g/mol. The maximum atomic E-state index is 11.9. The van der Waals surface area contributed by atoms with Gasteiger partial charge in [0.25, 0.3) is 0 Å². The number of nitrogens with zero attached hydrogens (tertiary/aromatic N) is 1. The summed E-state index contributed by atoms with van der Waals surface area (Å²) in [5.41, 5.74) is 2.48. The average molecular weight is 313 g/mol. The van der Waals surface area contributed by atoms with E-state index in [0.29, 0.717) is 5.56 Å². The zero-order valence-electron chi connectivity index (χ0n) is 13.2. The van der Waals surface area contributed by atoms with Crippen LogP contribution in [0.25, 0.3) is 0 Å². The van der Waals surface area contributed by atoms with E-state index < -0.39 is 12.7 Å². The number of ether oxygens (including phenoxy) is 2. The first-order valence-electron chi connectivity index (χ1n) is 7.17. The van der Waals surface area contributed by atoms with Crippen LogP contribution in [0.3, 0.4) is 0 Å². The number of aryl methyl sites for hydroxylation is 1. The molecule has 2 aromatic carbocycles. The highest BCUT2D eigenvalue weighted by atomic mass is 16.5. The molecular formula is C18H19NO4. The third-order valence-electron chi connectivity index (χ3n) is 3.36. The normalized spacial score (nSPS) is 11.2.